The van der Waals surface area contributed by atoms with Crippen molar-refractivity contribution in [2.75, 3.05) is 6.54 Å². The molecule has 2 heterocycles. The first-order chi connectivity index (χ1) is 13.5. The van der Waals surface area contributed by atoms with Crippen molar-refractivity contribution in [1.82, 2.24) is 10.2 Å². The van der Waals surface area contributed by atoms with Crippen molar-refractivity contribution in [2.45, 2.75) is 25.4 Å². The van der Waals surface area contributed by atoms with Crippen molar-refractivity contribution in [3.8, 4) is 0 Å². The number of carboxylic acids is 1. The predicted octanol–water partition coefficient (Wildman–Crippen LogP) is 1.94. The largest absolute Gasteiger partial charge is 0.480 e. The fourth-order valence-corrected chi connectivity index (χ4v) is 4.43. The van der Waals surface area contributed by atoms with Crippen molar-refractivity contribution in [1.29, 1.82) is 0 Å². The van der Waals surface area contributed by atoms with E-state index < -0.39 is 29.9 Å². The van der Waals surface area contributed by atoms with Crippen molar-refractivity contribution in [3.63, 3.8) is 0 Å². The van der Waals surface area contributed by atoms with E-state index in [1.165, 1.54) is 4.90 Å². The zero-order chi connectivity index (χ0) is 19.8. The molecule has 2 aromatic rings. The summed E-state index contributed by atoms with van der Waals surface area (Å²) in [6.45, 7) is 2.19. The van der Waals surface area contributed by atoms with Crippen molar-refractivity contribution in [2.24, 2.45) is 11.8 Å². The molecule has 4 atom stereocenters. The average molecular weight is 378 g/mol. The highest BCUT2D eigenvalue weighted by atomic mass is 16.4. The quantitative estimate of drug-likeness (QED) is 0.777. The van der Waals surface area contributed by atoms with Crippen LogP contribution in [0.3, 0.4) is 0 Å². The van der Waals surface area contributed by atoms with E-state index in [1.54, 1.807) is 0 Å². The van der Waals surface area contributed by atoms with Gasteiger partial charge in [-0.1, -0.05) is 54.6 Å². The predicted molar refractivity (Wildman–Crippen MR) is 102 cm³/mol. The third kappa shape index (κ3) is 2.99. The summed E-state index contributed by atoms with van der Waals surface area (Å²) in [5.41, 5.74) is 2.86. The zero-order valence-electron chi connectivity index (χ0n) is 15.5. The van der Waals surface area contributed by atoms with E-state index in [2.05, 4.69) is 5.32 Å². The van der Waals surface area contributed by atoms with Crippen LogP contribution in [0.4, 0.5) is 0 Å². The number of hydrogen-bond donors (Lipinski definition) is 2. The number of carbonyl (C=O) groups is 3. The summed E-state index contributed by atoms with van der Waals surface area (Å²) < 4.78 is 0. The minimum atomic E-state index is -1.10. The number of fused-ring (bicyclic) bond motifs is 1. The van der Waals surface area contributed by atoms with Gasteiger partial charge >= 0.3 is 5.97 Å². The number of carbonyl (C=O) groups excluding carboxylic acids is 2. The van der Waals surface area contributed by atoms with E-state index in [-0.39, 0.29) is 18.4 Å². The van der Waals surface area contributed by atoms with E-state index in [0.29, 0.717) is 6.42 Å². The maximum Gasteiger partial charge on any atom is 0.321 e. The minimum absolute atomic E-state index is 0.265. The summed E-state index contributed by atoms with van der Waals surface area (Å²) in [6.07, 6.45) is 0.554. The van der Waals surface area contributed by atoms with E-state index in [4.69, 9.17) is 0 Å². The molecule has 2 saturated heterocycles. The molecule has 0 bridgehead atoms. The van der Waals surface area contributed by atoms with Crippen LogP contribution in [0.5, 0.6) is 0 Å². The molecule has 6 nitrogen and oxygen atoms in total. The number of amides is 2. The lowest BCUT2D eigenvalue weighted by Gasteiger charge is -2.22. The first kappa shape index (κ1) is 18.4. The van der Waals surface area contributed by atoms with Gasteiger partial charge in [-0.25, -0.2) is 0 Å². The third-order valence-electron chi connectivity index (χ3n) is 5.82. The van der Waals surface area contributed by atoms with Crippen LogP contribution in [0.15, 0.2) is 54.6 Å². The first-order valence-electron chi connectivity index (χ1n) is 9.42. The number of benzene rings is 2. The summed E-state index contributed by atoms with van der Waals surface area (Å²) in [7, 11) is 0. The molecule has 0 aliphatic carbocycles. The van der Waals surface area contributed by atoms with Crippen molar-refractivity contribution < 1.29 is 19.5 Å². The fourth-order valence-electron chi connectivity index (χ4n) is 4.43. The molecular formula is C22H22N2O4. The number of rotatable bonds is 5. The summed E-state index contributed by atoms with van der Waals surface area (Å²) >= 11 is 0. The molecule has 0 aromatic heterocycles. The number of likely N-dealkylation sites (tertiary alicyclic amines) is 1. The monoisotopic (exact) mass is 378 g/mol. The van der Waals surface area contributed by atoms with Gasteiger partial charge in [0.05, 0.1) is 11.8 Å². The van der Waals surface area contributed by atoms with Gasteiger partial charge in [-0.05, 0) is 30.0 Å². The van der Waals surface area contributed by atoms with Gasteiger partial charge in [0, 0.05) is 12.6 Å². The Morgan fingerprint density at radius 2 is 1.64 bits per heavy atom. The van der Waals surface area contributed by atoms with Gasteiger partial charge in [-0.3, -0.25) is 24.6 Å². The van der Waals surface area contributed by atoms with Crippen LogP contribution >= 0.6 is 0 Å². The maximum absolute atomic E-state index is 13.2. The SMILES string of the molecule is Cc1ccccc1C1NC(C(=O)O)C2C(=O)N(CCc3ccccc3)C(=O)C12. The highest BCUT2D eigenvalue weighted by Gasteiger charge is 2.60. The number of nitrogens with one attached hydrogen (secondary N) is 1. The number of hydrogen-bond acceptors (Lipinski definition) is 4. The van der Waals surface area contributed by atoms with Crippen LogP contribution in [0.1, 0.15) is 22.7 Å². The van der Waals surface area contributed by atoms with E-state index >= 15 is 0 Å². The summed E-state index contributed by atoms with van der Waals surface area (Å²) in [5.74, 6) is -3.33. The van der Waals surface area contributed by atoms with Gasteiger partial charge in [-0.15, -0.1) is 0 Å². The lowest BCUT2D eigenvalue weighted by molar-refractivity contribution is -0.146. The van der Waals surface area contributed by atoms with E-state index in [0.717, 1.165) is 16.7 Å². The van der Waals surface area contributed by atoms with Gasteiger partial charge in [0.1, 0.15) is 6.04 Å². The Labute approximate surface area is 163 Å². The Kier molecular flexibility index (Phi) is 4.73. The number of aryl methyl sites for hydroxylation is 1. The molecule has 4 rings (SSSR count). The van der Waals surface area contributed by atoms with Crippen LogP contribution in [-0.2, 0) is 20.8 Å². The van der Waals surface area contributed by atoms with Crippen molar-refractivity contribution >= 4 is 17.8 Å². The number of nitrogens with zero attached hydrogens (tertiary/aromatic N) is 1. The summed E-state index contributed by atoms with van der Waals surface area (Å²) in [6, 6.07) is 15.7. The van der Waals surface area contributed by atoms with Gasteiger partial charge in [0.15, 0.2) is 0 Å². The fraction of sp³-hybridized carbons (Fsp3) is 0.318. The van der Waals surface area contributed by atoms with E-state index in [9.17, 15) is 19.5 Å². The molecule has 2 aliphatic rings. The lowest BCUT2D eigenvalue weighted by Crippen LogP contribution is -2.43. The van der Waals surface area contributed by atoms with Crippen LogP contribution in [0.25, 0.3) is 0 Å². The van der Waals surface area contributed by atoms with Crippen LogP contribution in [-0.4, -0.2) is 40.4 Å². The number of imide groups is 1. The number of carboxylic acid groups (broad SMARTS) is 1. The lowest BCUT2D eigenvalue weighted by atomic mass is 9.85. The van der Waals surface area contributed by atoms with Gasteiger partial charge in [0.2, 0.25) is 11.8 Å². The van der Waals surface area contributed by atoms with Gasteiger partial charge in [-0.2, -0.15) is 0 Å². The highest BCUT2D eigenvalue weighted by Crippen LogP contribution is 2.44. The Morgan fingerprint density at radius 1 is 1.00 bits per heavy atom. The van der Waals surface area contributed by atoms with E-state index in [1.807, 2.05) is 61.5 Å². The Bertz CT molecular complexity index is 927. The summed E-state index contributed by atoms with van der Waals surface area (Å²) in [4.78, 5) is 39.2. The van der Waals surface area contributed by atoms with Gasteiger partial charge < -0.3 is 5.11 Å². The molecule has 0 radical (unpaired) electrons. The molecule has 2 fully saturated rings. The normalized spacial score (nSPS) is 26.5. The van der Waals surface area contributed by atoms with Gasteiger partial charge in [0.25, 0.3) is 0 Å². The first-order valence-corrected chi connectivity index (χ1v) is 9.42. The molecule has 2 aromatic carbocycles. The second kappa shape index (κ2) is 7.20. The topological polar surface area (TPSA) is 86.7 Å². The maximum atomic E-state index is 13.2. The van der Waals surface area contributed by atoms with Crippen LogP contribution in [0, 0.1) is 18.8 Å². The molecule has 2 amide bonds. The molecule has 4 unspecified atom stereocenters. The van der Waals surface area contributed by atoms with Crippen LogP contribution in [0.2, 0.25) is 0 Å². The smallest absolute Gasteiger partial charge is 0.321 e. The van der Waals surface area contributed by atoms with Crippen LogP contribution < -0.4 is 5.32 Å². The molecular weight excluding hydrogens is 356 g/mol. The number of aliphatic carboxylic acids is 1. The Morgan fingerprint density at radius 3 is 2.32 bits per heavy atom. The molecule has 144 valence electrons. The Balaban J connectivity index is 1.63. The molecule has 2 N–H and O–H groups in total. The second-order valence-electron chi connectivity index (χ2n) is 7.43. The molecule has 0 spiro atoms. The molecule has 6 heteroatoms. The molecule has 2 aliphatic heterocycles. The second-order valence-corrected chi connectivity index (χ2v) is 7.43. The molecule has 28 heavy (non-hydrogen) atoms. The average Bonchev–Trinajstić information content (AvgIpc) is 3.19. The Hall–Kier alpha value is -2.99. The highest BCUT2D eigenvalue weighted by molar-refractivity contribution is 6.08. The molecule has 0 saturated carbocycles. The summed E-state index contributed by atoms with van der Waals surface area (Å²) in [5, 5.41) is 12.7. The third-order valence-corrected chi connectivity index (χ3v) is 5.82. The standard InChI is InChI=1S/C22H22N2O4/c1-13-7-5-6-10-15(13)18-16-17(19(23-18)22(27)28)21(26)24(20(16)25)12-11-14-8-3-2-4-9-14/h2-10,16-19,23H,11-12H2,1H3,(H,27,28). The van der Waals surface area contributed by atoms with Crippen molar-refractivity contribution in [3.05, 3.63) is 71.3 Å². The zero-order valence-corrected chi connectivity index (χ0v) is 15.5. The minimum Gasteiger partial charge on any atom is -0.480 e.